The van der Waals surface area contributed by atoms with Gasteiger partial charge in [-0.05, 0) is 58.3 Å². The average molecular weight is 311 g/mol. The van der Waals surface area contributed by atoms with Crippen LogP contribution in [-0.2, 0) is 14.3 Å². The number of carbonyl (C=O) groups excluding carboxylic acids is 2. The number of likely N-dealkylation sites (tertiary alicyclic amines) is 1. The summed E-state index contributed by atoms with van der Waals surface area (Å²) in [7, 11) is 1.40. The molecule has 0 N–H and O–H groups in total. The number of hydrogen-bond donors (Lipinski definition) is 0. The Labute approximate surface area is 133 Å². The molecular weight excluding hydrogens is 282 g/mol. The molecule has 2 aliphatic rings. The number of amides is 1. The Morgan fingerprint density at radius 2 is 1.82 bits per heavy atom. The minimum Gasteiger partial charge on any atom is -0.467 e. The summed E-state index contributed by atoms with van der Waals surface area (Å²) in [5, 5.41) is 0. The zero-order chi connectivity index (χ0) is 16.6. The number of esters is 1. The summed E-state index contributed by atoms with van der Waals surface area (Å²) in [6.45, 7) is 8.24. The molecule has 1 unspecified atom stereocenters. The molecule has 0 spiro atoms. The van der Waals surface area contributed by atoms with Gasteiger partial charge in [-0.3, -0.25) is 4.90 Å². The maximum atomic E-state index is 12.6. The van der Waals surface area contributed by atoms with Gasteiger partial charge >= 0.3 is 12.1 Å². The average Bonchev–Trinajstić information content (AvgIpc) is 3.06. The molecule has 1 aliphatic carbocycles. The highest BCUT2D eigenvalue weighted by molar-refractivity contribution is 5.86. The van der Waals surface area contributed by atoms with Crippen LogP contribution >= 0.6 is 0 Å². The Bertz CT molecular complexity index is 450. The first-order chi connectivity index (χ1) is 10.2. The van der Waals surface area contributed by atoms with E-state index in [0.29, 0.717) is 19.4 Å². The van der Waals surface area contributed by atoms with Gasteiger partial charge in [0, 0.05) is 6.54 Å². The minimum absolute atomic E-state index is 0.193. The van der Waals surface area contributed by atoms with Crippen molar-refractivity contribution < 1.29 is 19.1 Å². The lowest BCUT2D eigenvalue weighted by Crippen LogP contribution is -2.55. The molecule has 0 bridgehead atoms. The lowest BCUT2D eigenvalue weighted by Gasteiger charge is -2.39. The summed E-state index contributed by atoms with van der Waals surface area (Å²) in [6.07, 6.45) is 5.07. The van der Waals surface area contributed by atoms with E-state index in [2.05, 4.69) is 6.92 Å². The van der Waals surface area contributed by atoms with Crippen molar-refractivity contribution in [1.82, 2.24) is 4.90 Å². The fourth-order valence-electron chi connectivity index (χ4n) is 3.57. The maximum Gasteiger partial charge on any atom is 0.411 e. The highest BCUT2D eigenvalue weighted by atomic mass is 16.6. The standard InChI is InChI=1S/C17H29NO4/c1-6-16(9-10-16)12-17(13(19)21-5)8-7-11-18(17)14(20)22-15(2,3)4/h6-12H2,1-5H3. The van der Waals surface area contributed by atoms with Crippen LogP contribution < -0.4 is 0 Å². The zero-order valence-corrected chi connectivity index (χ0v) is 14.5. The monoisotopic (exact) mass is 311 g/mol. The number of rotatable bonds is 4. The van der Waals surface area contributed by atoms with E-state index in [1.54, 1.807) is 4.90 Å². The summed E-state index contributed by atoms with van der Waals surface area (Å²) < 4.78 is 10.6. The molecular formula is C17H29NO4. The van der Waals surface area contributed by atoms with Crippen LogP contribution in [0.25, 0.3) is 0 Å². The Morgan fingerprint density at radius 3 is 2.27 bits per heavy atom. The molecule has 1 amide bonds. The van der Waals surface area contributed by atoms with Gasteiger partial charge in [0.15, 0.2) is 0 Å². The van der Waals surface area contributed by atoms with E-state index < -0.39 is 17.2 Å². The zero-order valence-electron chi connectivity index (χ0n) is 14.5. The van der Waals surface area contributed by atoms with Crippen molar-refractivity contribution in [1.29, 1.82) is 0 Å². The third-order valence-corrected chi connectivity index (χ3v) is 5.04. The van der Waals surface area contributed by atoms with Crippen molar-refractivity contribution in [2.75, 3.05) is 13.7 Å². The van der Waals surface area contributed by atoms with E-state index in [-0.39, 0.29) is 11.4 Å². The third kappa shape index (κ3) is 3.23. The molecule has 2 rings (SSSR count). The third-order valence-electron chi connectivity index (χ3n) is 5.04. The molecule has 5 heteroatoms. The molecule has 1 saturated heterocycles. The molecule has 1 heterocycles. The van der Waals surface area contributed by atoms with Crippen LogP contribution in [0.15, 0.2) is 0 Å². The largest absolute Gasteiger partial charge is 0.467 e. The minimum atomic E-state index is -0.844. The van der Waals surface area contributed by atoms with Gasteiger partial charge < -0.3 is 9.47 Å². The van der Waals surface area contributed by atoms with E-state index in [9.17, 15) is 9.59 Å². The van der Waals surface area contributed by atoms with Crippen LogP contribution in [0, 0.1) is 5.41 Å². The lowest BCUT2D eigenvalue weighted by atomic mass is 9.81. The van der Waals surface area contributed by atoms with Crippen molar-refractivity contribution in [3.63, 3.8) is 0 Å². The first kappa shape index (κ1) is 17.1. The van der Waals surface area contributed by atoms with Crippen LogP contribution in [-0.4, -0.2) is 41.8 Å². The van der Waals surface area contributed by atoms with E-state index in [0.717, 1.165) is 25.7 Å². The van der Waals surface area contributed by atoms with Gasteiger partial charge in [-0.25, -0.2) is 9.59 Å². The summed E-state index contributed by atoms with van der Waals surface area (Å²) in [6, 6.07) is 0. The van der Waals surface area contributed by atoms with Crippen LogP contribution in [0.4, 0.5) is 4.79 Å². The Hall–Kier alpha value is -1.26. The molecule has 0 aromatic rings. The number of methoxy groups -OCH3 is 1. The second kappa shape index (κ2) is 5.74. The predicted molar refractivity (Wildman–Crippen MR) is 83.5 cm³/mol. The summed E-state index contributed by atoms with van der Waals surface area (Å²) in [4.78, 5) is 26.8. The topological polar surface area (TPSA) is 55.8 Å². The van der Waals surface area contributed by atoms with E-state index in [1.807, 2.05) is 20.8 Å². The normalized spacial score (nSPS) is 26.7. The lowest BCUT2D eigenvalue weighted by molar-refractivity contribution is -0.154. The number of ether oxygens (including phenoxy) is 2. The van der Waals surface area contributed by atoms with E-state index >= 15 is 0 Å². The van der Waals surface area contributed by atoms with Crippen molar-refractivity contribution >= 4 is 12.1 Å². The van der Waals surface area contributed by atoms with Crippen LogP contribution in [0.1, 0.15) is 66.2 Å². The quantitative estimate of drug-likeness (QED) is 0.746. The van der Waals surface area contributed by atoms with Crippen molar-refractivity contribution in [3.05, 3.63) is 0 Å². The molecule has 1 aliphatic heterocycles. The number of carbonyl (C=O) groups is 2. The Kier molecular flexibility index (Phi) is 4.46. The van der Waals surface area contributed by atoms with Gasteiger partial charge in [-0.15, -0.1) is 0 Å². The highest BCUT2D eigenvalue weighted by Crippen LogP contribution is 2.56. The number of hydrogen-bond acceptors (Lipinski definition) is 4. The molecule has 0 radical (unpaired) electrons. The molecule has 0 aromatic carbocycles. The van der Waals surface area contributed by atoms with Gasteiger partial charge in [0.1, 0.15) is 11.1 Å². The molecule has 0 aromatic heterocycles. The first-order valence-corrected chi connectivity index (χ1v) is 8.27. The van der Waals surface area contributed by atoms with Crippen LogP contribution in [0.2, 0.25) is 0 Å². The van der Waals surface area contributed by atoms with Crippen LogP contribution in [0.5, 0.6) is 0 Å². The highest BCUT2D eigenvalue weighted by Gasteiger charge is 2.58. The first-order valence-electron chi connectivity index (χ1n) is 8.27. The molecule has 5 nitrogen and oxygen atoms in total. The summed E-state index contributed by atoms with van der Waals surface area (Å²) in [5.74, 6) is -0.296. The fraction of sp³-hybridized carbons (Fsp3) is 0.882. The smallest absolute Gasteiger partial charge is 0.411 e. The van der Waals surface area contributed by atoms with Gasteiger partial charge in [0.05, 0.1) is 7.11 Å². The van der Waals surface area contributed by atoms with E-state index in [1.165, 1.54) is 7.11 Å². The molecule has 22 heavy (non-hydrogen) atoms. The molecule has 2 fully saturated rings. The van der Waals surface area contributed by atoms with E-state index in [4.69, 9.17) is 9.47 Å². The van der Waals surface area contributed by atoms with Crippen molar-refractivity contribution in [2.45, 2.75) is 77.4 Å². The van der Waals surface area contributed by atoms with Gasteiger partial charge in [0.2, 0.25) is 0 Å². The van der Waals surface area contributed by atoms with Crippen LogP contribution in [0.3, 0.4) is 0 Å². The van der Waals surface area contributed by atoms with Crippen molar-refractivity contribution in [3.8, 4) is 0 Å². The fourth-order valence-corrected chi connectivity index (χ4v) is 3.57. The predicted octanol–water partition coefficient (Wildman–Crippen LogP) is 3.51. The Morgan fingerprint density at radius 1 is 1.18 bits per heavy atom. The van der Waals surface area contributed by atoms with Crippen molar-refractivity contribution in [2.24, 2.45) is 5.41 Å². The van der Waals surface area contributed by atoms with Gasteiger partial charge in [-0.1, -0.05) is 13.3 Å². The SMILES string of the molecule is CCC1(CC2(C(=O)OC)CCCN2C(=O)OC(C)(C)C)CC1. The molecule has 1 atom stereocenters. The van der Waals surface area contributed by atoms with Gasteiger partial charge in [-0.2, -0.15) is 0 Å². The number of nitrogens with zero attached hydrogens (tertiary/aromatic N) is 1. The molecule has 1 saturated carbocycles. The summed E-state index contributed by atoms with van der Waals surface area (Å²) in [5.41, 5.74) is -1.22. The summed E-state index contributed by atoms with van der Waals surface area (Å²) >= 11 is 0. The maximum absolute atomic E-state index is 12.6. The Balaban J connectivity index is 2.26. The molecule has 126 valence electrons. The van der Waals surface area contributed by atoms with Gasteiger partial charge in [0.25, 0.3) is 0 Å². The second-order valence-electron chi connectivity index (χ2n) is 7.79. The second-order valence-corrected chi connectivity index (χ2v) is 7.79.